The number of rotatable bonds is 8. The first-order chi connectivity index (χ1) is 9.21. The third kappa shape index (κ3) is 5.43. The van der Waals surface area contributed by atoms with Crippen LogP contribution in [0.25, 0.3) is 0 Å². The molecule has 0 saturated carbocycles. The Bertz CT molecular complexity index is 390. The third-order valence-corrected chi connectivity index (χ3v) is 3.60. The monoisotopic (exact) mass is 262 g/mol. The number of nitrogens with two attached hydrogens (primary N) is 1. The molecule has 106 valence electrons. The smallest absolute Gasteiger partial charge is 0.224 e. The van der Waals surface area contributed by atoms with Gasteiger partial charge in [-0.15, -0.1) is 0 Å². The molecule has 0 aliphatic carbocycles. The first-order valence-corrected chi connectivity index (χ1v) is 7.29. The molecule has 1 atom stereocenters. The molecule has 1 unspecified atom stereocenters. The van der Waals surface area contributed by atoms with Gasteiger partial charge in [0.25, 0.3) is 0 Å². The molecule has 3 N–H and O–H groups in total. The number of hydrogen-bond donors (Lipinski definition) is 2. The summed E-state index contributed by atoms with van der Waals surface area (Å²) in [6.07, 6.45) is 4.54. The fourth-order valence-corrected chi connectivity index (χ4v) is 2.29. The maximum absolute atomic E-state index is 12.0. The number of anilines is 1. The maximum Gasteiger partial charge on any atom is 0.224 e. The molecule has 0 bridgehead atoms. The van der Waals surface area contributed by atoms with Crippen molar-refractivity contribution in [1.29, 1.82) is 0 Å². The molecule has 0 aliphatic rings. The average molecular weight is 262 g/mol. The zero-order chi connectivity index (χ0) is 14.1. The summed E-state index contributed by atoms with van der Waals surface area (Å²) in [5, 5.41) is 3.01. The van der Waals surface area contributed by atoms with Gasteiger partial charge in [0, 0.05) is 12.1 Å². The van der Waals surface area contributed by atoms with Crippen molar-refractivity contribution in [2.75, 3.05) is 11.9 Å². The molecule has 0 spiro atoms. The van der Waals surface area contributed by atoms with Crippen LogP contribution in [-0.2, 0) is 11.2 Å². The Morgan fingerprint density at radius 3 is 2.63 bits per heavy atom. The zero-order valence-corrected chi connectivity index (χ0v) is 12.1. The van der Waals surface area contributed by atoms with Crippen molar-refractivity contribution in [3.8, 4) is 0 Å². The Kier molecular flexibility index (Phi) is 7.19. The molecule has 0 saturated heterocycles. The van der Waals surface area contributed by atoms with E-state index in [1.165, 1.54) is 5.56 Å². The van der Waals surface area contributed by atoms with Gasteiger partial charge in [0.2, 0.25) is 5.91 Å². The standard InChI is InChI=1S/C16H26N2O/c1-3-13(11-12-17)9-10-16(19)18-15-8-6-5-7-14(15)4-2/h5-8,13H,3-4,9-12,17H2,1-2H3,(H,18,19). The van der Waals surface area contributed by atoms with Crippen LogP contribution in [0.3, 0.4) is 0 Å². The number of para-hydroxylation sites is 1. The van der Waals surface area contributed by atoms with Crippen LogP contribution in [0.15, 0.2) is 24.3 Å². The van der Waals surface area contributed by atoms with Gasteiger partial charge in [-0.05, 0) is 43.4 Å². The van der Waals surface area contributed by atoms with E-state index in [-0.39, 0.29) is 5.91 Å². The lowest BCUT2D eigenvalue weighted by atomic mass is 9.96. The van der Waals surface area contributed by atoms with Gasteiger partial charge in [-0.2, -0.15) is 0 Å². The number of amides is 1. The minimum absolute atomic E-state index is 0.108. The molecular weight excluding hydrogens is 236 g/mol. The maximum atomic E-state index is 12.0. The third-order valence-electron chi connectivity index (χ3n) is 3.60. The van der Waals surface area contributed by atoms with Crippen LogP contribution < -0.4 is 11.1 Å². The van der Waals surface area contributed by atoms with E-state index in [1.54, 1.807) is 0 Å². The first kappa shape index (κ1) is 15.7. The Balaban J connectivity index is 2.46. The van der Waals surface area contributed by atoms with E-state index in [4.69, 9.17) is 5.73 Å². The topological polar surface area (TPSA) is 55.1 Å². The van der Waals surface area contributed by atoms with Gasteiger partial charge in [-0.3, -0.25) is 4.79 Å². The largest absolute Gasteiger partial charge is 0.330 e. The van der Waals surface area contributed by atoms with Crippen molar-refractivity contribution in [3.63, 3.8) is 0 Å². The summed E-state index contributed by atoms with van der Waals surface area (Å²) in [6.45, 7) is 4.96. The lowest BCUT2D eigenvalue weighted by molar-refractivity contribution is -0.116. The predicted octanol–water partition coefficient (Wildman–Crippen LogP) is 3.34. The zero-order valence-electron chi connectivity index (χ0n) is 12.1. The molecule has 1 rings (SSSR count). The fraction of sp³-hybridized carbons (Fsp3) is 0.562. The molecule has 0 fully saturated rings. The summed E-state index contributed by atoms with van der Waals surface area (Å²) in [4.78, 5) is 12.0. The van der Waals surface area contributed by atoms with Gasteiger partial charge in [-0.25, -0.2) is 0 Å². The summed E-state index contributed by atoms with van der Waals surface area (Å²) in [6, 6.07) is 7.98. The van der Waals surface area contributed by atoms with Crippen molar-refractivity contribution < 1.29 is 4.79 Å². The molecule has 0 aromatic heterocycles. The van der Waals surface area contributed by atoms with Gasteiger partial charge >= 0.3 is 0 Å². The number of nitrogens with one attached hydrogen (secondary N) is 1. The fourth-order valence-electron chi connectivity index (χ4n) is 2.29. The summed E-state index contributed by atoms with van der Waals surface area (Å²) in [5.41, 5.74) is 7.70. The van der Waals surface area contributed by atoms with Crippen molar-refractivity contribution in [2.24, 2.45) is 11.7 Å². The molecule has 1 aromatic rings. The Labute approximate surface area is 116 Å². The lowest BCUT2D eigenvalue weighted by Gasteiger charge is -2.14. The predicted molar refractivity (Wildman–Crippen MR) is 81.1 cm³/mol. The average Bonchev–Trinajstić information content (AvgIpc) is 2.44. The number of hydrogen-bond acceptors (Lipinski definition) is 2. The molecule has 3 nitrogen and oxygen atoms in total. The molecule has 3 heteroatoms. The van der Waals surface area contributed by atoms with E-state index < -0.39 is 0 Å². The second-order valence-electron chi connectivity index (χ2n) is 4.95. The van der Waals surface area contributed by atoms with Crippen molar-refractivity contribution >= 4 is 11.6 Å². The number of carbonyl (C=O) groups excluding carboxylic acids is 1. The lowest BCUT2D eigenvalue weighted by Crippen LogP contribution is -2.15. The quantitative estimate of drug-likeness (QED) is 0.755. The van der Waals surface area contributed by atoms with Crippen LogP contribution in [0.4, 0.5) is 5.69 Å². The first-order valence-electron chi connectivity index (χ1n) is 7.29. The normalized spacial score (nSPS) is 12.2. The van der Waals surface area contributed by atoms with E-state index in [9.17, 15) is 4.79 Å². The Morgan fingerprint density at radius 1 is 1.26 bits per heavy atom. The van der Waals surface area contributed by atoms with Crippen LogP contribution in [0.5, 0.6) is 0 Å². The highest BCUT2D eigenvalue weighted by Crippen LogP contribution is 2.18. The van der Waals surface area contributed by atoms with Crippen LogP contribution >= 0.6 is 0 Å². The second-order valence-corrected chi connectivity index (χ2v) is 4.95. The van der Waals surface area contributed by atoms with Crippen molar-refractivity contribution in [3.05, 3.63) is 29.8 Å². The van der Waals surface area contributed by atoms with Gasteiger partial charge in [0.15, 0.2) is 0 Å². The minimum atomic E-state index is 0.108. The Hall–Kier alpha value is -1.35. The summed E-state index contributed by atoms with van der Waals surface area (Å²) >= 11 is 0. The van der Waals surface area contributed by atoms with Gasteiger partial charge in [-0.1, -0.05) is 38.5 Å². The van der Waals surface area contributed by atoms with Crippen LogP contribution in [0, 0.1) is 5.92 Å². The number of aryl methyl sites for hydroxylation is 1. The number of benzene rings is 1. The number of carbonyl (C=O) groups is 1. The highest BCUT2D eigenvalue weighted by Gasteiger charge is 2.10. The minimum Gasteiger partial charge on any atom is -0.330 e. The van der Waals surface area contributed by atoms with E-state index in [0.29, 0.717) is 18.9 Å². The van der Waals surface area contributed by atoms with Crippen LogP contribution in [-0.4, -0.2) is 12.5 Å². The summed E-state index contributed by atoms with van der Waals surface area (Å²) in [7, 11) is 0. The van der Waals surface area contributed by atoms with E-state index in [2.05, 4.69) is 25.2 Å². The Morgan fingerprint density at radius 2 is 2.00 bits per heavy atom. The highest BCUT2D eigenvalue weighted by molar-refractivity contribution is 5.91. The molecule has 19 heavy (non-hydrogen) atoms. The van der Waals surface area contributed by atoms with Crippen molar-refractivity contribution in [1.82, 2.24) is 0 Å². The van der Waals surface area contributed by atoms with Gasteiger partial charge in [0.05, 0.1) is 0 Å². The SMILES string of the molecule is CCc1ccccc1NC(=O)CCC(CC)CCN. The molecule has 0 aliphatic heterocycles. The molecule has 1 amide bonds. The molecular formula is C16H26N2O. The molecule has 0 radical (unpaired) electrons. The van der Waals surface area contributed by atoms with E-state index in [1.807, 2.05) is 18.2 Å². The van der Waals surface area contributed by atoms with Gasteiger partial charge in [0.1, 0.15) is 0 Å². The van der Waals surface area contributed by atoms with E-state index in [0.717, 1.165) is 31.4 Å². The van der Waals surface area contributed by atoms with Crippen LogP contribution in [0.1, 0.15) is 45.1 Å². The summed E-state index contributed by atoms with van der Waals surface area (Å²) < 4.78 is 0. The van der Waals surface area contributed by atoms with E-state index >= 15 is 0 Å². The van der Waals surface area contributed by atoms with Crippen molar-refractivity contribution in [2.45, 2.75) is 46.0 Å². The molecule has 0 heterocycles. The van der Waals surface area contributed by atoms with Crippen LogP contribution in [0.2, 0.25) is 0 Å². The highest BCUT2D eigenvalue weighted by atomic mass is 16.1. The van der Waals surface area contributed by atoms with Gasteiger partial charge < -0.3 is 11.1 Å². The summed E-state index contributed by atoms with van der Waals surface area (Å²) in [5.74, 6) is 0.675. The molecule has 1 aromatic carbocycles. The second kappa shape index (κ2) is 8.70.